The van der Waals surface area contributed by atoms with Crippen molar-refractivity contribution in [3.05, 3.63) is 53.6 Å². The summed E-state index contributed by atoms with van der Waals surface area (Å²) in [6.45, 7) is 15.1. The topological polar surface area (TPSA) is 34.2 Å². The number of hydrogen-bond acceptors (Lipinski definition) is 5. The molecule has 0 aliphatic carbocycles. The first-order valence-corrected chi connectivity index (χ1v) is 11.3. The molecule has 0 aromatic heterocycles. The summed E-state index contributed by atoms with van der Waals surface area (Å²) in [6.07, 6.45) is 0. The second kappa shape index (κ2) is 8.49. The molecule has 0 spiro atoms. The molecule has 166 valence electrons. The second-order valence-electron chi connectivity index (χ2n) is 9.84. The van der Waals surface area contributed by atoms with Gasteiger partial charge in [-0.3, -0.25) is 0 Å². The minimum absolute atomic E-state index is 0.368. The number of anilines is 1. The van der Waals surface area contributed by atoms with Gasteiger partial charge >= 0.3 is 7.12 Å². The third-order valence-electron chi connectivity index (χ3n) is 6.87. The third-order valence-corrected chi connectivity index (χ3v) is 6.87. The SMILES string of the molecule is Cc1cc(B2OC(C)(C)C(C)(C)O2)cc(OCc2ccccc2)c1N1CCN(C)CC1. The third kappa shape index (κ3) is 4.62. The van der Waals surface area contributed by atoms with Gasteiger partial charge in [-0.25, -0.2) is 0 Å². The Hall–Kier alpha value is -2.02. The molecule has 2 fully saturated rings. The van der Waals surface area contributed by atoms with E-state index in [0.29, 0.717) is 6.61 Å². The number of benzene rings is 2. The number of ether oxygens (including phenoxy) is 1. The highest BCUT2D eigenvalue weighted by Crippen LogP contribution is 2.38. The highest BCUT2D eigenvalue weighted by Gasteiger charge is 2.52. The van der Waals surface area contributed by atoms with Crippen LogP contribution < -0.4 is 15.1 Å². The lowest BCUT2D eigenvalue weighted by Crippen LogP contribution is -2.45. The van der Waals surface area contributed by atoms with Crippen molar-refractivity contribution in [2.45, 2.75) is 52.4 Å². The molecule has 0 radical (unpaired) electrons. The van der Waals surface area contributed by atoms with E-state index >= 15 is 0 Å². The molecule has 0 unspecified atom stereocenters. The van der Waals surface area contributed by atoms with Gasteiger partial charge in [0, 0.05) is 26.2 Å². The van der Waals surface area contributed by atoms with Crippen LogP contribution in [0.5, 0.6) is 5.75 Å². The normalized spacial score (nSPS) is 20.8. The summed E-state index contributed by atoms with van der Waals surface area (Å²) in [4.78, 5) is 4.82. The average Bonchev–Trinajstić information content (AvgIpc) is 2.95. The molecule has 2 aliphatic rings. The van der Waals surface area contributed by atoms with Crippen molar-refractivity contribution in [3.8, 4) is 5.75 Å². The molecule has 5 nitrogen and oxygen atoms in total. The molecule has 0 amide bonds. The summed E-state index contributed by atoms with van der Waals surface area (Å²) in [7, 11) is 1.78. The van der Waals surface area contributed by atoms with Gasteiger partial charge in [0.2, 0.25) is 0 Å². The zero-order valence-corrected chi connectivity index (χ0v) is 19.8. The van der Waals surface area contributed by atoms with Crippen LogP contribution in [0.1, 0.15) is 38.8 Å². The lowest BCUT2D eigenvalue weighted by molar-refractivity contribution is 0.00578. The van der Waals surface area contributed by atoms with Gasteiger partial charge in [0.25, 0.3) is 0 Å². The summed E-state index contributed by atoms with van der Waals surface area (Å²) in [5, 5.41) is 0. The lowest BCUT2D eigenvalue weighted by Gasteiger charge is -2.36. The number of piperazine rings is 1. The molecule has 2 aromatic carbocycles. The maximum absolute atomic E-state index is 6.42. The van der Waals surface area contributed by atoms with Crippen molar-refractivity contribution in [1.82, 2.24) is 4.90 Å². The van der Waals surface area contributed by atoms with Gasteiger partial charge in [0.1, 0.15) is 12.4 Å². The smallest absolute Gasteiger partial charge is 0.487 e. The van der Waals surface area contributed by atoms with Crippen LogP contribution in [0.15, 0.2) is 42.5 Å². The highest BCUT2D eigenvalue weighted by atomic mass is 16.7. The van der Waals surface area contributed by atoms with E-state index in [0.717, 1.165) is 43.0 Å². The fraction of sp³-hybridized carbons (Fsp3) is 0.520. The number of likely N-dealkylation sites (N-methyl/N-ethyl adjacent to an activating group) is 1. The minimum atomic E-state index is -0.399. The lowest BCUT2D eigenvalue weighted by atomic mass is 9.78. The highest BCUT2D eigenvalue weighted by molar-refractivity contribution is 6.62. The van der Waals surface area contributed by atoms with Crippen LogP contribution >= 0.6 is 0 Å². The minimum Gasteiger partial charge on any atom is -0.487 e. The molecule has 2 aliphatic heterocycles. The van der Waals surface area contributed by atoms with Crippen LogP contribution in [-0.2, 0) is 15.9 Å². The van der Waals surface area contributed by atoms with Gasteiger partial charge in [-0.2, -0.15) is 0 Å². The van der Waals surface area contributed by atoms with E-state index < -0.39 is 7.12 Å². The zero-order valence-electron chi connectivity index (χ0n) is 19.8. The van der Waals surface area contributed by atoms with Gasteiger partial charge in [0.05, 0.1) is 16.9 Å². The molecule has 0 N–H and O–H groups in total. The van der Waals surface area contributed by atoms with E-state index in [1.807, 2.05) is 18.2 Å². The Bertz CT molecular complexity index is 892. The Labute approximate surface area is 187 Å². The zero-order chi connectivity index (χ0) is 22.2. The molecule has 31 heavy (non-hydrogen) atoms. The fourth-order valence-electron chi connectivity index (χ4n) is 4.17. The first kappa shape index (κ1) is 22.2. The largest absolute Gasteiger partial charge is 0.494 e. The molecular weight excluding hydrogens is 387 g/mol. The van der Waals surface area contributed by atoms with Crippen molar-refractivity contribution in [3.63, 3.8) is 0 Å². The molecule has 2 saturated heterocycles. The van der Waals surface area contributed by atoms with Crippen molar-refractivity contribution in [1.29, 1.82) is 0 Å². The fourth-order valence-corrected chi connectivity index (χ4v) is 4.17. The maximum atomic E-state index is 6.42. The Kier molecular flexibility index (Phi) is 6.08. The van der Waals surface area contributed by atoms with Crippen molar-refractivity contribution >= 4 is 18.3 Å². The van der Waals surface area contributed by atoms with E-state index in [1.165, 1.54) is 11.3 Å². The number of rotatable bonds is 5. The van der Waals surface area contributed by atoms with Crippen molar-refractivity contribution in [2.75, 3.05) is 38.1 Å². The summed E-state index contributed by atoms with van der Waals surface area (Å²) >= 11 is 0. The summed E-state index contributed by atoms with van der Waals surface area (Å²) < 4.78 is 19.1. The summed E-state index contributed by atoms with van der Waals surface area (Å²) in [5.41, 5.74) is 3.81. The maximum Gasteiger partial charge on any atom is 0.494 e. The molecular formula is C25H35BN2O3. The Morgan fingerprint density at radius 2 is 1.55 bits per heavy atom. The van der Waals surface area contributed by atoms with Crippen LogP contribution in [-0.4, -0.2) is 56.4 Å². The van der Waals surface area contributed by atoms with Crippen LogP contribution in [0.2, 0.25) is 0 Å². The quantitative estimate of drug-likeness (QED) is 0.688. The molecule has 2 heterocycles. The monoisotopic (exact) mass is 422 g/mol. The Morgan fingerprint density at radius 3 is 2.16 bits per heavy atom. The van der Waals surface area contributed by atoms with Gasteiger partial charge in [-0.1, -0.05) is 36.4 Å². The predicted octanol–water partition coefficient (Wildman–Crippen LogP) is 3.63. The van der Waals surface area contributed by atoms with Crippen LogP contribution in [0, 0.1) is 6.92 Å². The number of hydrogen-bond donors (Lipinski definition) is 0. The van der Waals surface area contributed by atoms with Crippen LogP contribution in [0.3, 0.4) is 0 Å². The Morgan fingerprint density at radius 1 is 0.935 bits per heavy atom. The first-order valence-electron chi connectivity index (χ1n) is 11.3. The summed E-state index contributed by atoms with van der Waals surface area (Å²) in [5.74, 6) is 0.901. The first-order chi connectivity index (χ1) is 14.7. The molecule has 0 bridgehead atoms. The van der Waals surface area contributed by atoms with Crippen molar-refractivity contribution in [2.24, 2.45) is 0 Å². The van der Waals surface area contributed by atoms with Gasteiger partial charge < -0.3 is 23.8 Å². The molecule has 2 aromatic rings. The number of nitrogens with zero attached hydrogens (tertiary/aromatic N) is 2. The second-order valence-corrected chi connectivity index (χ2v) is 9.84. The molecule has 6 heteroatoms. The van der Waals surface area contributed by atoms with Crippen LogP contribution in [0.25, 0.3) is 0 Å². The Balaban J connectivity index is 1.66. The van der Waals surface area contributed by atoms with Crippen LogP contribution in [0.4, 0.5) is 5.69 Å². The van der Waals surface area contributed by atoms with E-state index in [9.17, 15) is 0 Å². The molecule has 0 saturated carbocycles. The molecule has 0 atom stereocenters. The standard InChI is InChI=1S/C25H35BN2O3/c1-19-16-21(26-30-24(2,3)25(4,5)31-26)17-22(29-18-20-10-8-7-9-11-20)23(19)28-14-12-27(6)13-15-28/h7-11,16-17H,12-15,18H2,1-6H3. The van der Waals surface area contributed by atoms with E-state index in [1.54, 1.807) is 0 Å². The number of aryl methyl sites for hydroxylation is 1. The van der Waals surface area contributed by atoms with E-state index in [-0.39, 0.29) is 11.2 Å². The van der Waals surface area contributed by atoms with Gasteiger partial charge in [-0.15, -0.1) is 0 Å². The van der Waals surface area contributed by atoms with E-state index in [2.05, 4.69) is 75.7 Å². The van der Waals surface area contributed by atoms with Crippen molar-refractivity contribution < 1.29 is 14.0 Å². The van der Waals surface area contributed by atoms with E-state index in [4.69, 9.17) is 14.0 Å². The van der Waals surface area contributed by atoms with Gasteiger partial charge in [0.15, 0.2) is 0 Å². The van der Waals surface area contributed by atoms with Gasteiger partial charge in [-0.05, 0) is 64.3 Å². The summed E-state index contributed by atoms with van der Waals surface area (Å²) in [6, 6.07) is 14.6. The predicted molar refractivity (Wildman–Crippen MR) is 127 cm³/mol. The average molecular weight is 422 g/mol. The molecule has 4 rings (SSSR count).